The molecule has 1 aromatic carbocycles. The Morgan fingerprint density at radius 2 is 1.95 bits per heavy atom. The average Bonchev–Trinajstić information content (AvgIpc) is 2.44. The quantitative estimate of drug-likeness (QED) is 0.403. The third-order valence-corrected chi connectivity index (χ3v) is 2.46. The molecule has 1 rings (SSSR count). The highest BCUT2D eigenvalue weighted by molar-refractivity contribution is 5.74. The van der Waals surface area contributed by atoms with Crippen LogP contribution in [0.2, 0.25) is 0 Å². The van der Waals surface area contributed by atoms with Crippen molar-refractivity contribution in [3.8, 4) is 0 Å². The van der Waals surface area contributed by atoms with Crippen molar-refractivity contribution in [3.05, 3.63) is 44.0 Å². The smallest absolute Gasteiger partial charge is 0.310 e. The second-order valence-electron chi connectivity index (χ2n) is 4.02. The van der Waals surface area contributed by atoms with Crippen LogP contribution in [-0.2, 0) is 16.0 Å². The first kappa shape index (κ1) is 16.5. The van der Waals surface area contributed by atoms with Crippen molar-refractivity contribution in [2.45, 2.75) is 12.5 Å². The third-order valence-electron chi connectivity index (χ3n) is 2.46. The summed E-state index contributed by atoms with van der Waals surface area (Å²) in [5.74, 6) is -0.862. The second-order valence-corrected chi connectivity index (χ2v) is 4.02. The number of esters is 1. The van der Waals surface area contributed by atoms with Crippen LogP contribution in [0.5, 0.6) is 0 Å². The molecule has 114 valence electrons. The maximum Gasteiger partial charge on any atom is 0.310 e. The Labute approximate surface area is 117 Å². The van der Waals surface area contributed by atoms with Crippen LogP contribution in [0.1, 0.15) is 5.56 Å². The predicted octanol–water partition coefficient (Wildman–Crippen LogP) is -0.0581. The number of non-ortho nitro benzene ring substituents is 1. The van der Waals surface area contributed by atoms with Crippen LogP contribution < -0.4 is 0 Å². The molecule has 10 nitrogen and oxygen atoms in total. The van der Waals surface area contributed by atoms with E-state index >= 15 is 0 Å². The van der Waals surface area contributed by atoms with Crippen LogP contribution >= 0.6 is 0 Å². The Bertz CT molecular complexity index is 559. The first-order valence-corrected chi connectivity index (χ1v) is 5.71. The minimum absolute atomic E-state index is 0.0471. The van der Waals surface area contributed by atoms with Crippen molar-refractivity contribution in [2.75, 3.05) is 13.2 Å². The Balaban J connectivity index is 2.85. The second kappa shape index (κ2) is 7.26. The van der Waals surface area contributed by atoms with E-state index < -0.39 is 52.9 Å². The minimum Gasteiger partial charge on any atom is -0.463 e. The Kier molecular flexibility index (Phi) is 5.69. The maximum atomic E-state index is 11.5. The number of carbonyl (C=O) groups is 1. The molecular formula is C11H12N2O8. The number of nitro benzene ring substituents is 2. The van der Waals surface area contributed by atoms with Gasteiger partial charge in [0.05, 0.1) is 28.9 Å². The van der Waals surface area contributed by atoms with Gasteiger partial charge in [-0.25, -0.2) is 0 Å². The number of benzene rings is 1. The molecule has 2 N–H and O–H groups in total. The topological polar surface area (TPSA) is 153 Å². The van der Waals surface area contributed by atoms with E-state index in [0.29, 0.717) is 0 Å². The molecule has 0 radical (unpaired) electrons. The summed E-state index contributed by atoms with van der Waals surface area (Å²) in [6, 6.07) is 2.89. The minimum atomic E-state index is -1.24. The normalized spacial score (nSPS) is 11.7. The van der Waals surface area contributed by atoms with Gasteiger partial charge >= 0.3 is 5.97 Å². The van der Waals surface area contributed by atoms with Gasteiger partial charge in [0, 0.05) is 11.6 Å². The lowest BCUT2D eigenvalue weighted by Gasteiger charge is -2.08. The van der Waals surface area contributed by atoms with E-state index in [1.807, 2.05) is 0 Å². The van der Waals surface area contributed by atoms with Crippen LogP contribution in [0.3, 0.4) is 0 Å². The summed E-state index contributed by atoms with van der Waals surface area (Å²) >= 11 is 0. The number of carbonyl (C=O) groups excluding carboxylic acids is 1. The molecule has 0 aromatic heterocycles. The molecule has 0 aliphatic heterocycles. The molecular weight excluding hydrogens is 288 g/mol. The fourth-order valence-electron chi connectivity index (χ4n) is 1.43. The van der Waals surface area contributed by atoms with Gasteiger partial charge in [-0.05, 0) is 6.07 Å². The highest BCUT2D eigenvalue weighted by atomic mass is 16.6. The largest absolute Gasteiger partial charge is 0.463 e. The van der Waals surface area contributed by atoms with Crippen molar-refractivity contribution in [1.29, 1.82) is 0 Å². The predicted molar refractivity (Wildman–Crippen MR) is 67.5 cm³/mol. The van der Waals surface area contributed by atoms with E-state index in [-0.39, 0.29) is 5.56 Å². The zero-order valence-electron chi connectivity index (χ0n) is 10.7. The summed E-state index contributed by atoms with van der Waals surface area (Å²) in [5.41, 5.74) is -1.08. The summed E-state index contributed by atoms with van der Waals surface area (Å²) in [6.07, 6.45) is -1.72. The number of aliphatic hydroxyl groups is 2. The summed E-state index contributed by atoms with van der Waals surface area (Å²) in [6.45, 7) is -1.04. The molecule has 0 saturated heterocycles. The highest BCUT2D eigenvalue weighted by Crippen LogP contribution is 2.25. The van der Waals surface area contributed by atoms with Crippen molar-refractivity contribution < 1.29 is 29.6 Å². The number of ether oxygens (including phenoxy) is 1. The number of rotatable bonds is 7. The monoisotopic (exact) mass is 300 g/mol. The van der Waals surface area contributed by atoms with E-state index in [9.17, 15) is 25.0 Å². The zero-order valence-corrected chi connectivity index (χ0v) is 10.7. The van der Waals surface area contributed by atoms with Crippen molar-refractivity contribution in [3.63, 3.8) is 0 Å². The molecule has 1 aromatic rings. The molecule has 10 heteroatoms. The van der Waals surface area contributed by atoms with Crippen molar-refractivity contribution in [2.24, 2.45) is 0 Å². The molecule has 21 heavy (non-hydrogen) atoms. The average molecular weight is 300 g/mol. The molecule has 0 aliphatic rings. The van der Waals surface area contributed by atoms with Gasteiger partial charge < -0.3 is 14.9 Å². The van der Waals surface area contributed by atoms with E-state index in [1.165, 1.54) is 0 Å². The van der Waals surface area contributed by atoms with Crippen LogP contribution in [0, 0.1) is 20.2 Å². The lowest BCUT2D eigenvalue weighted by molar-refractivity contribution is -0.394. The SMILES string of the molecule is O=C(Cc1ccc([N+](=O)[O-])cc1[N+](=O)[O-])OC[C@H](O)CO. The van der Waals surface area contributed by atoms with E-state index in [4.69, 9.17) is 10.2 Å². The van der Waals surface area contributed by atoms with Crippen LogP contribution in [-0.4, -0.2) is 45.3 Å². The number of hydrogen-bond donors (Lipinski definition) is 2. The first-order valence-electron chi connectivity index (χ1n) is 5.71. The van der Waals surface area contributed by atoms with Gasteiger partial charge in [0.1, 0.15) is 12.7 Å². The molecule has 0 heterocycles. The van der Waals surface area contributed by atoms with Gasteiger partial charge in [0.25, 0.3) is 11.4 Å². The molecule has 0 amide bonds. The van der Waals surface area contributed by atoms with E-state index in [1.54, 1.807) is 0 Å². The van der Waals surface area contributed by atoms with Gasteiger partial charge in [-0.1, -0.05) is 0 Å². The lowest BCUT2D eigenvalue weighted by Crippen LogP contribution is -2.22. The first-order chi connectivity index (χ1) is 9.85. The third kappa shape index (κ3) is 4.78. The van der Waals surface area contributed by atoms with Gasteiger partial charge in [-0.3, -0.25) is 25.0 Å². The van der Waals surface area contributed by atoms with E-state index in [2.05, 4.69) is 4.74 Å². The molecule has 0 spiro atoms. The molecule has 0 bridgehead atoms. The van der Waals surface area contributed by atoms with Crippen LogP contribution in [0.15, 0.2) is 18.2 Å². The highest BCUT2D eigenvalue weighted by Gasteiger charge is 2.21. The zero-order chi connectivity index (χ0) is 16.0. The van der Waals surface area contributed by atoms with Gasteiger partial charge in [-0.15, -0.1) is 0 Å². The molecule has 0 fully saturated rings. The van der Waals surface area contributed by atoms with Crippen molar-refractivity contribution >= 4 is 17.3 Å². The number of aliphatic hydroxyl groups excluding tert-OH is 2. The standard InChI is InChI=1S/C11H12N2O8/c14-5-9(15)6-21-11(16)3-7-1-2-8(12(17)18)4-10(7)13(19)20/h1-2,4,9,14-15H,3,5-6H2/t9-/m1/s1. The maximum absolute atomic E-state index is 11.5. The van der Waals surface area contributed by atoms with Gasteiger partial charge in [0.2, 0.25) is 0 Å². The molecule has 0 aliphatic carbocycles. The van der Waals surface area contributed by atoms with Crippen molar-refractivity contribution in [1.82, 2.24) is 0 Å². The number of hydrogen-bond acceptors (Lipinski definition) is 8. The molecule has 1 atom stereocenters. The van der Waals surface area contributed by atoms with Gasteiger partial charge in [-0.2, -0.15) is 0 Å². The van der Waals surface area contributed by atoms with Gasteiger partial charge in [0.15, 0.2) is 0 Å². The summed E-state index contributed by atoms with van der Waals surface area (Å²) < 4.78 is 4.61. The van der Waals surface area contributed by atoms with E-state index in [0.717, 1.165) is 18.2 Å². The summed E-state index contributed by atoms with van der Waals surface area (Å²) in [7, 11) is 0. The Morgan fingerprint density at radius 3 is 2.48 bits per heavy atom. The fraction of sp³-hybridized carbons (Fsp3) is 0.364. The fourth-order valence-corrected chi connectivity index (χ4v) is 1.43. The number of nitro groups is 2. The summed E-state index contributed by atoms with van der Waals surface area (Å²) in [4.78, 5) is 31.2. The Morgan fingerprint density at radius 1 is 1.29 bits per heavy atom. The van der Waals surface area contributed by atoms with Crippen LogP contribution in [0.25, 0.3) is 0 Å². The molecule has 0 saturated carbocycles. The lowest BCUT2D eigenvalue weighted by atomic mass is 10.1. The number of nitrogens with zero attached hydrogens (tertiary/aromatic N) is 2. The Hall–Kier alpha value is -2.59. The molecule has 0 unspecified atom stereocenters. The summed E-state index contributed by atoms with van der Waals surface area (Å²) in [5, 5.41) is 39.0. The van der Waals surface area contributed by atoms with Crippen LogP contribution in [0.4, 0.5) is 11.4 Å².